The second kappa shape index (κ2) is 5.11. The van der Waals surface area contributed by atoms with E-state index in [4.69, 9.17) is 13.9 Å². The van der Waals surface area contributed by atoms with Gasteiger partial charge in [-0.25, -0.2) is 0 Å². The zero-order chi connectivity index (χ0) is 14.4. The fourth-order valence-electron chi connectivity index (χ4n) is 2.62. The van der Waals surface area contributed by atoms with Gasteiger partial charge in [-0.3, -0.25) is 0 Å². The Hall–Kier alpha value is 0.0569. The summed E-state index contributed by atoms with van der Waals surface area (Å²) in [4.78, 5) is 0. The van der Waals surface area contributed by atoms with Gasteiger partial charge < -0.3 is 19.0 Å². The number of ether oxygens (including phenoxy) is 2. The minimum Gasteiger partial charge on any atom is -0.408 e. The fourth-order valence-corrected chi connectivity index (χ4v) is 3.93. The standard InChI is InChI=1S/C14H28O4Si/c1-9-7-10-12(16-9)13(11(8-15)17-10)18-19(5,6)14(2,3)4/h9-13,15H,7-8H2,1-6H3/t9-,10-,11+,12+,13-/m1/s1. The summed E-state index contributed by atoms with van der Waals surface area (Å²) in [6.45, 7) is 13.2. The van der Waals surface area contributed by atoms with Gasteiger partial charge in [0.1, 0.15) is 18.3 Å². The van der Waals surface area contributed by atoms with Gasteiger partial charge in [-0.15, -0.1) is 0 Å². The van der Waals surface area contributed by atoms with Crippen molar-refractivity contribution in [2.75, 3.05) is 6.61 Å². The molecule has 4 nitrogen and oxygen atoms in total. The van der Waals surface area contributed by atoms with Crippen LogP contribution in [0.2, 0.25) is 18.1 Å². The molecule has 2 aliphatic heterocycles. The second-order valence-corrected chi connectivity index (χ2v) is 12.1. The van der Waals surface area contributed by atoms with Crippen molar-refractivity contribution in [3.05, 3.63) is 0 Å². The summed E-state index contributed by atoms with van der Waals surface area (Å²) in [5.41, 5.74) is 0. The van der Waals surface area contributed by atoms with Crippen LogP contribution >= 0.6 is 0 Å². The predicted octanol–water partition coefficient (Wildman–Crippen LogP) is 2.31. The fraction of sp³-hybridized carbons (Fsp3) is 1.00. The van der Waals surface area contributed by atoms with Crippen molar-refractivity contribution < 1.29 is 19.0 Å². The lowest BCUT2D eigenvalue weighted by atomic mass is 10.1. The first-order chi connectivity index (χ1) is 8.65. The van der Waals surface area contributed by atoms with Gasteiger partial charge in [0.25, 0.3) is 0 Å². The van der Waals surface area contributed by atoms with Crippen LogP contribution in [0, 0.1) is 0 Å². The lowest BCUT2D eigenvalue weighted by Crippen LogP contribution is -2.50. The number of fused-ring (bicyclic) bond motifs is 1. The number of aliphatic hydroxyl groups is 1. The maximum absolute atomic E-state index is 9.51. The molecule has 0 aliphatic carbocycles. The SMILES string of the molecule is C[C@@H]1C[C@H]2O[C@@H](CO)[C@@H](O[Si](C)(C)C(C)(C)C)[C@H]2O1. The van der Waals surface area contributed by atoms with E-state index < -0.39 is 8.32 Å². The maximum Gasteiger partial charge on any atom is 0.192 e. The summed E-state index contributed by atoms with van der Waals surface area (Å²) < 4.78 is 18.3. The van der Waals surface area contributed by atoms with E-state index in [9.17, 15) is 5.11 Å². The second-order valence-electron chi connectivity index (χ2n) is 7.39. The first-order valence-electron chi connectivity index (χ1n) is 7.25. The first-order valence-corrected chi connectivity index (χ1v) is 10.2. The molecule has 0 aromatic heterocycles. The first kappa shape index (κ1) is 15.4. The average molecular weight is 288 g/mol. The van der Waals surface area contributed by atoms with Crippen molar-refractivity contribution in [2.24, 2.45) is 0 Å². The molecule has 112 valence electrons. The number of rotatable bonds is 3. The molecule has 2 fully saturated rings. The summed E-state index contributed by atoms with van der Waals surface area (Å²) in [5, 5.41) is 9.66. The van der Waals surface area contributed by atoms with Gasteiger partial charge in [-0.1, -0.05) is 20.8 Å². The Bertz CT molecular complexity index is 326. The molecule has 1 N–H and O–H groups in total. The van der Waals surface area contributed by atoms with Gasteiger partial charge in [0.05, 0.1) is 18.8 Å². The van der Waals surface area contributed by atoms with Crippen LogP contribution in [-0.4, -0.2) is 50.6 Å². The molecule has 0 amide bonds. The molecular weight excluding hydrogens is 260 g/mol. The molecule has 0 bridgehead atoms. The van der Waals surface area contributed by atoms with E-state index in [0.717, 1.165) is 6.42 Å². The van der Waals surface area contributed by atoms with E-state index in [1.165, 1.54) is 0 Å². The van der Waals surface area contributed by atoms with Crippen LogP contribution in [0.4, 0.5) is 0 Å². The Morgan fingerprint density at radius 2 is 1.89 bits per heavy atom. The number of hydrogen-bond donors (Lipinski definition) is 1. The zero-order valence-electron chi connectivity index (χ0n) is 13.0. The van der Waals surface area contributed by atoms with Crippen molar-refractivity contribution in [3.63, 3.8) is 0 Å². The van der Waals surface area contributed by atoms with Crippen molar-refractivity contribution in [3.8, 4) is 0 Å². The zero-order valence-corrected chi connectivity index (χ0v) is 14.0. The smallest absolute Gasteiger partial charge is 0.192 e. The van der Waals surface area contributed by atoms with Gasteiger partial charge >= 0.3 is 0 Å². The Morgan fingerprint density at radius 1 is 1.26 bits per heavy atom. The Balaban J connectivity index is 2.13. The topological polar surface area (TPSA) is 47.9 Å². The highest BCUT2D eigenvalue weighted by molar-refractivity contribution is 6.74. The van der Waals surface area contributed by atoms with Crippen LogP contribution in [0.5, 0.6) is 0 Å². The van der Waals surface area contributed by atoms with Crippen molar-refractivity contribution >= 4 is 8.32 Å². The van der Waals surface area contributed by atoms with Gasteiger partial charge in [0.15, 0.2) is 8.32 Å². The highest BCUT2D eigenvalue weighted by atomic mass is 28.4. The van der Waals surface area contributed by atoms with Gasteiger partial charge in [0.2, 0.25) is 0 Å². The molecule has 0 unspecified atom stereocenters. The number of aliphatic hydroxyl groups excluding tert-OH is 1. The van der Waals surface area contributed by atoms with Gasteiger partial charge in [0, 0.05) is 6.42 Å². The van der Waals surface area contributed by atoms with Crippen LogP contribution < -0.4 is 0 Å². The Kier molecular flexibility index (Phi) is 4.16. The monoisotopic (exact) mass is 288 g/mol. The van der Waals surface area contributed by atoms with Crippen molar-refractivity contribution in [2.45, 2.75) is 82.8 Å². The molecule has 19 heavy (non-hydrogen) atoms. The minimum atomic E-state index is -1.88. The Labute approximate surface area is 117 Å². The summed E-state index contributed by atoms with van der Waals surface area (Å²) in [5.74, 6) is 0. The van der Waals surface area contributed by atoms with Crippen molar-refractivity contribution in [1.82, 2.24) is 0 Å². The van der Waals surface area contributed by atoms with E-state index in [1.807, 2.05) is 0 Å². The average Bonchev–Trinajstić information content (AvgIpc) is 2.74. The molecular formula is C14H28O4Si. The van der Waals surface area contributed by atoms with Gasteiger partial charge in [-0.2, -0.15) is 0 Å². The molecule has 0 radical (unpaired) electrons. The highest BCUT2D eigenvalue weighted by Gasteiger charge is 2.53. The molecule has 5 heteroatoms. The van der Waals surface area contributed by atoms with E-state index in [2.05, 4.69) is 40.8 Å². The number of hydrogen-bond acceptors (Lipinski definition) is 4. The summed E-state index contributed by atoms with van der Waals surface area (Å²) >= 11 is 0. The molecule has 2 saturated heterocycles. The highest BCUT2D eigenvalue weighted by Crippen LogP contribution is 2.42. The quantitative estimate of drug-likeness (QED) is 0.810. The summed E-state index contributed by atoms with van der Waals surface area (Å²) in [7, 11) is -1.88. The molecule has 0 saturated carbocycles. The van der Waals surface area contributed by atoms with Crippen LogP contribution in [-0.2, 0) is 13.9 Å². The molecule has 2 heterocycles. The minimum absolute atomic E-state index is 0.00400. The predicted molar refractivity (Wildman–Crippen MR) is 76.8 cm³/mol. The molecule has 2 rings (SSSR count). The van der Waals surface area contributed by atoms with Crippen LogP contribution in [0.1, 0.15) is 34.1 Å². The lowest BCUT2D eigenvalue weighted by Gasteiger charge is -2.40. The molecule has 0 aromatic rings. The third kappa shape index (κ3) is 2.90. The maximum atomic E-state index is 9.51. The molecule has 0 spiro atoms. The van der Waals surface area contributed by atoms with Crippen LogP contribution in [0.3, 0.4) is 0 Å². The van der Waals surface area contributed by atoms with Crippen LogP contribution in [0.25, 0.3) is 0 Å². The van der Waals surface area contributed by atoms with Gasteiger partial charge in [-0.05, 0) is 25.1 Å². The third-order valence-electron chi connectivity index (χ3n) is 4.78. The largest absolute Gasteiger partial charge is 0.408 e. The molecule has 5 atom stereocenters. The van der Waals surface area contributed by atoms with Crippen molar-refractivity contribution in [1.29, 1.82) is 0 Å². The lowest BCUT2D eigenvalue weighted by molar-refractivity contribution is -0.0427. The van der Waals surface area contributed by atoms with E-state index in [0.29, 0.717) is 0 Å². The van der Waals surface area contributed by atoms with E-state index >= 15 is 0 Å². The molecule has 2 aliphatic rings. The molecule has 0 aromatic carbocycles. The summed E-state index contributed by atoms with van der Waals surface area (Å²) in [6, 6.07) is 0. The third-order valence-corrected chi connectivity index (χ3v) is 9.25. The summed E-state index contributed by atoms with van der Waals surface area (Å²) in [6.07, 6.45) is 0.833. The van der Waals surface area contributed by atoms with Crippen LogP contribution in [0.15, 0.2) is 0 Å². The van der Waals surface area contributed by atoms with E-state index in [1.54, 1.807) is 0 Å². The van der Waals surface area contributed by atoms with E-state index in [-0.39, 0.29) is 42.2 Å². The Morgan fingerprint density at radius 3 is 2.42 bits per heavy atom. The normalized spacial score (nSPS) is 39.6.